The van der Waals surface area contributed by atoms with Gasteiger partial charge in [-0.1, -0.05) is 20.8 Å². The van der Waals surface area contributed by atoms with Gasteiger partial charge in [0.1, 0.15) is 5.69 Å². The first-order valence-corrected chi connectivity index (χ1v) is 7.52. The molecule has 0 saturated heterocycles. The van der Waals surface area contributed by atoms with E-state index < -0.39 is 0 Å². The molecule has 0 spiro atoms. The van der Waals surface area contributed by atoms with Crippen molar-refractivity contribution in [1.82, 2.24) is 10.3 Å². The summed E-state index contributed by atoms with van der Waals surface area (Å²) in [5.41, 5.74) is 1.36. The Balaban J connectivity index is 1.92. The van der Waals surface area contributed by atoms with E-state index >= 15 is 0 Å². The molecule has 21 heavy (non-hydrogen) atoms. The van der Waals surface area contributed by atoms with Crippen molar-refractivity contribution in [3.05, 3.63) is 24.0 Å². The minimum absolute atomic E-state index is 0.0347. The molecule has 0 radical (unpaired) electrons. The van der Waals surface area contributed by atoms with Crippen LogP contribution in [0.1, 0.15) is 44.1 Å². The molecule has 0 aromatic carbocycles. The Bertz CT molecular complexity index is 485. The molecule has 2 rings (SSSR count). The van der Waals surface area contributed by atoms with Crippen molar-refractivity contribution in [2.75, 3.05) is 19.0 Å². The molecule has 1 aliphatic carbocycles. The molecule has 5 heteroatoms. The standard InChI is InChI=1S/C16H25N3O2/c1-5-8-17-11-6-7-12(18-10-11)15(20)19-13-9-14(21-4)16(13,2)3/h6-7,10,13-14,17H,5,8-9H2,1-4H3,(H,19,20). The van der Waals surface area contributed by atoms with E-state index in [-0.39, 0.29) is 23.5 Å². The van der Waals surface area contributed by atoms with Crippen molar-refractivity contribution in [3.63, 3.8) is 0 Å². The van der Waals surface area contributed by atoms with Crippen LogP contribution >= 0.6 is 0 Å². The predicted molar refractivity (Wildman–Crippen MR) is 83.5 cm³/mol. The number of hydrogen-bond donors (Lipinski definition) is 2. The number of nitrogens with one attached hydrogen (secondary N) is 2. The highest BCUT2D eigenvalue weighted by molar-refractivity contribution is 5.92. The zero-order valence-electron chi connectivity index (χ0n) is 13.3. The summed E-state index contributed by atoms with van der Waals surface area (Å²) in [6.45, 7) is 7.24. The van der Waals surface area contributed by atoms with E-state index in [2.05, 4.69) is 36.4 Å². The number of nitrogens with zero attached hydrogens (tertiary/aromatic N) is 1. The summed E-state index contributed by atoms with van der Waals surface area (Å²) in [6.07, 6.45) is 3.82. The maximum atomic E-state index is 12.2. The van der Waals surface area contributed by atoms with Gasteiger partial charge in [-0.15, -0.1) is 0 Å². The molecule has 1 aromatic rings. The Morgan fingerprint density at radius 2 is 2.24 bits per heavy atom. The number of hydrogen-bond acceptors (Lipinski definition) is 4. The van der Waals surface area contributed by atoms with Crippen molar-refractivity contribution in [1.29, 1.82) is 0 Å². The molecule has 5 nitrogen and oxygen atoms in total. The Labute approximate surface area is 126 Å². The lowest BCUT2D eigenvalue weighted by Gasteiger charge is -2.51. The summed E-state index contributed by atoms with van der Waals surface area (Å²) in [7, 11) is 1.72. The monoisotopic (exact) mass is 291 g/mol. The number of methoxy groups -OCH3 is 1. The molecule has 2 atom stereocenters. The number of pyridine rings is 1. The van der Waals surface area contributed by atoms with Gasteiger partial charge in [-0.3, -0.25) is 4.79 Å². The average Bonchev–Trinajstić information content (AvgIpc) is 2.49. The highest BCUT2D eigenvalue weighted by Crippen LogP contribution is 2.42. The summed E-state index contributed by atoms with van der Waals surface area (Å²) in [4.78, 5) is 16.4. The van der Waals surface area contributed by atoms with Gasteiger partial charge in [-0.2, -0.15) is 0 Å². The van der Waals surface area contributed by atoms with Crippen LogP contribution in [0, 0.1) is 5.41 Å². The van der Waals surface area contributed by atoms with E-state index in [1.54, 1.807) is 19.4 Å². The van der Waals surface area contributed by atoms with Crippen LogP contribution in [0.4, 0.5) is 5.69 Å². The Morgan fingerprint density at radius 3 is 2.76 bits per heavy atom. The fourth-order valence-electron chi connectivity index (χ4n) is 2.66. The van der Waals surface area contributed by atoms with E-state index in [0.29, 0.717) is 5.69 Å². The summed E-state index contributed by atoms with van der Waals surface area (Å²) >= 11 is 0. The Hall–Kier alpha value is -1.62. The minimum Gasteiger partial charge on any atom is -0.384 e. The fourth-order valence-corrected chi connectivity index (χ4v) is 2.66. The van der Waals surface area contributed by atoms with Gasteiger partial charge in [-0.05, 0) is 25.0 Å². The summed E-state index contributed by atoms with van der Waals surface area (Å²) in [6, 6.07) is 3.78. The third-order valence-electron chi connectivity index (χ3n) is 4.34. The first-order valence-electron chi connectivity index (χ1n) is 7.52. The van der Waals surface area contributed by atoms with E-state index in [1.807, 2.05) is 6.07 Å². The van der Waals surface area contributed by atoms with Crippen molar-refractivity contribution in [2.24, 2.45) is 5.41 Å². The quantitative estimate of drug-likeness (QED) is 0.845. The maximum Gasteiger partial charge on any atom is 0.270 e. The van der Waals surface area contributed by atoms with Crippen LogP contribution in [0.15, 0.2) is 18.3 Å². The van der Waals surface area contributed by atoms with Gasteiger partial charge < -0.3 is 15.4 Å². The second-order valence-corrected chi connectivity index (χ2v) is 6.17. The van der Waals surface area contributed by atoms with Crippen LogP contribution in [-0.4, -0.2) is 36.7 Å². The summed E-state index contributed by atoms with van der Waals surface area (Å²) in [5.74, 6) is -0.121. The minimum atomic E-state index is -0.121. The second-order valence-electron chi connectivity index (χ2n) is 6.17. The van der Waals surface area contributed by atoms with Gasteiger partial charge in [0.25, 0.3) is 5.91 Å². The first kappa shape index (κ1) is 15.8. The molecule has 2 N–H and O–H groups in total. The number of ether oxygens (including phenoxy) is 1. The number of rotatable bonds is 6. The molecular weight excluding hydrogens is 266 g/mol. The molecule has 1 aromatic heterocycles. The van der Waals surface area contributed by atoms with Gasteiger partial charge in [0.05, 0.1) is 18.0 Å². The SMILES string of the molecule is CCCNc1ccc(C(=O)NC2CC(OC)C2(C)C)nc1. The third kappa shape index (κ3) is 3.35. The second kappa shape index (κ2) is 6.43. The van der Waals surface area contributed by atoms with Crippen molar-refractivity contribution >= 4 is 11.6 Å². The van der Waals surface area contributed by atoms with Crippen molar-refractivity contribution in [2.45, 2.75) is 45.8 Å². The van der Waals surface area contributed by atoms with Crippen LogP contribution in [0.25, 0.3) is 0 Å². The largest absolute Gasteiger partial charge is 0.384 e. The average molecular weight is 291 g/mol. The van der Waals surface area contributed by atoms with Gasteiger partial charge in [0, 0.05) is 25.1 Å². The highest BCUT2D eigenvalue weighted by Gasteiger charge is 2.49. The summed E-state index contributed by atoms with van der Waals surface area (Å²) < 4.78 is 5.40. The fraction of sp³-hybridized carbons (Fsp3) is 0.625. The van der Waals surface area contributed by atoms with Crippen molar-refractivity contribution < 1.29 is 9.53 Å². The van der Waals surface area contributed by atoms with Gasteiger partial charge in [0.15, 0.2) is 0 Å². The van der Waals surface area contributed by atoms with Crippen LogP contribution in [0.3, 0.4) is 0 Å². The normalized spacial score (nSPS) is 23.2. The summed E-state index contributed by atoms with van der Waals surface area (Å²) in [5, 5.41) is 6.29. The van der Waals surface area contributed by atoms with Crippen LogP contribution in [-0.2, 0) is 4.74 Å². The lowest BCUT2D eigenvalue weighted by Crippen LogP contribution is -2.61. The predicted octanol–water partition coefficient (Wildman–Crippen LogP) is 2.45. The number of anilines is 1. The van der Waals surface area contributed by atoms with Crippen LogP contribution < -0.4 is 10.6 Å². The molecule has 1 heterocycles. The van der Waals surface area contributed by atoms with Gasteiger partial charge in [-0.25, -0.2) is 4.98 Å². The Morgan fingerprint density at radius 1 is 1.48 bits per heavy atom. The molecule has 1 amide bonds. The van der Waals surface area contributed by atoms with Crippen molar-refractivity contribution in [3.8, 4) is 0 Å². The first-order chi connectivity index (χ1) is 9.98. The van der Waals surface area contributed by atoms with Gasteiger partial charge in [0.2, 0.25) is 0 Å². The topological polar surface area (TPSA) is 63.2 Å². The van der Waals surface area contributed by atoms with E-state index in [9.17, 15) is 4.79 Å². The maximum absolute atomic E-state index is 12.2. The van der Waals surface area contributed by atoms with E-state index in [0.717, 1.165) is 25.1 Å². The molecule has 1 fully saturated rings. The molecule has 116 valence electrons. The van der Waals surface area contributed by atoms with Gasteiger partial charge >= 0.3 is 0 Å². The number of aromatic nitrogens is 1. The van der Waals surface area contributed by atoms with Crippen LogP contribution in [0.2, 0.25) is 0 Å². The molecular formula is C16H25N3O2. The molecule has 0 aliphatic heterocycles. The zero-order valence-corrected chi connectivity index (χ0v) is 13.3. The lowest BCUT2D eigenvalue weighted by atomic mass is 9.64. The lowest BCUT2D eigenvalue weighted by molar-refractivity contribution is -0.0942. The molecule has 2 unspecified atom stereocenters. The number of carbonyl (C=O) groups excluding carboxylic acids is 1. The highest BCUT2D eigenvalue weighted by atomic mass is 16.5. The van der Waals surface area contributed by atoms with Crippen LogP contribution in [0.5, 0.6) is 0 Å². The van der Waals surface area contributed by atoms with E-state index in [4.69, 9.17) is 4.74 Å². The molecule has 1 aliphatic rings. The molecule has 1 saturated carbocycles. The molecule has 0 bridgehead atoms. The zero-order chi connectivity index (χ0) is 15.5. The number of carbonyl (C=O) groups is 1. The Kier molecular flexibility index (Phi) is 4.83. The smallest absolute Gasteiger partial charge is 0.270 e. The third-order valence-corrected chi connectivity index (χ3v) is 4.34. The number of amides is 1. The van der Waals surface area contributed by atoms with E-state index in [1.165, 1.54) is 0 Å².